The fraction of sp³-hybridized carbons (Fsp3) is 0.435. The Balaban J connectivity index is 0.000000279. The summed E-state index contributed by atoms with van der Waals surface area (Å²) in [5, 5.41) is 17.3. The number of carbonyl (C=O) groups is 1. The molecule has 1 aromatic heterocycles. The Hall–Kier alpha value is -3.53. The zero-order valence-corrected chi connectivity index (χ0v) is 34.7. The number of ketones is 1. The van der Waals surface area contributed by atoms with Crippen molar-refractivity contribution in [2.24, 2.45) is 16.7 Å². The Morgan fingerprint density at radius 2 is 1.53 bits per heavy atom. The third kappa shape index (κ3) is 7.96. The van der Waals surface area contributed by atoms with E-state index in [-0.39, 0.29) is 48.4 Å². The van der Waals surface area contributed by atoms with Gasteiger partial charge in [-0.05, 0) is 83.7 Å². The smallest absolute Gasteiger partial charge is 0.162 e. The van der Waals surface area contributed by atoms with Gasteiger partial charge in [0.2, 0.25) is 0 Å². The largest absolute Gasteiger partial charge is 0.512 e. The van der Waals surface area contributed by atoms with Gasteiger partial charge >= 0.3 is 0 Å². The van der Waals surface area contributed by atoms with E-state index in [0.29, 0.717) is 5.92 Å². The molecule has 2 heterocycles. The number of rotatable bonds is 10. The molecule has 0 spiro atoms. The molecular weight excluding hydrogens is 807 g/mol. The van der Waals surface area contributed by atoms with Gasteiger partial charge in [0.1, 0.15) is 11.5 Å². The molecule has 51 heavy (non-hydrogen) atoms. The number of fused-ring (bicyclic) bond motifs is 5. The van der Waals surface area contributed by atoms with Gasteiger partial charge in [-0.3, -0.25) is 9.78 Å². The molecule has 0 bridgehead atoms. The summed E-state index contributed by atoms with van der Waals surface area (Å²) in [6.45, 7) is 21.6. The maximum absolute atomic E-state index is 12.0. The van der Waals surface area contributed by atoms with Gasteiger partial charge in [0.25, 0.3) is 0 Å². The molecule has 1 N–H and O–H groups in total. The van der Waals surface area contributed by atoms with Gasteiger partial charge in [-0.25, -0.2) is 0 Å². The van der Waals surface area contributed by atoms with Crippen molar-refractivity contribution in [1.29, 1.82) is 0 Å². The molecule has 6 rings (SSSR count). The van der Waals surface area contributed by atoms with Crippen LogP contribution in [0.15, 0.2) is 72.6 Å². The number of aromatic nitrogens is 1. The first-order valence-electron chi connectivity index (χ1n) is 18.8. The Morgan fingerprint density at radius 1 is 0.882 bits per heavy atom. The summed E-state index contributed by atoms with van der Waals surface area (Å²) < 4.78 is 6.77. The number of benzene rings is 4. The molecule has 0 amide bonds. The quantitative estimate of drug-likeness (QED) is 0.0645. The minimum absolute atomic E-state index is 0. The van der Waals surface area contributed by atoms with Crippen molar-refractivity contribution in [2.45, 2.75) is 114 Å². The number of hydrogen-bond donors (Lipinski definition) is 1. The summed E-state index contributed by atoms with van der Waals surface area (Å²) in [7, 11) is 0. The minimum Gasteiger partial charge on any atom is -0.512 e. The molecule has 1 aliphatic heterocycles. The molecule has 1 aliphatic rings. The molecule has 0 saturated carbocycles. The fourth-order valence-corrected chi connectivity index (χ4v) is 7.77. The first kappa shape index (κ1) is 40.2. The van der Waals surface area contributed by atoms with Crippen molar-refractivity contribution in [3.8, 4) is 22.8 Å². The van der Waals surface area contributed by atoms with E-state index in [9.17, 15) is 9.90 Å². The number of allylic oxidation sites excluding steroid dienone is 2. The average Bonchev–Trinajstić information content (AvgIpc) is 3.09. The number of ether oxygens (including phenoxy) is 1. The summed E-state index contributed by atoms with van der Waals surface area (Å²) >= 11 is 0. The van der Waals surface area contributed by atoms with Crippen molar-refractivity contribution in [3.05, 3.63) is 89.8 Å². The monoisotopic (exact) mass is 863 g/mol. The van der Waals surface area contributed by atoms with E-state index in [0.717, 1.165) is 72.1 Å². The second kappa shape index (κ2) is 16.4. The van der Waals surface area contributed by atoms with Gasteiger partial charge in [-0.15, -0.1) is 17.5 Å². The van der Waals surface area contributed by atoms with Crippen molar-refractivity contribution < 1.29 is 34.7 Å². The van der Waals surface area contributed by atoms with Crippen LogP contribution in [0.3, 0.4) is 0 Å². The number of hydrogen-bond acceptors (Lipinski definition) is 4. The van der Waals surface area contributed by atoms with Crippen LogP contribution in [0, 0.1) is 22.8 Å². The van der Waals surface area contributed by atoms with Gasteiger partial charge < -0.3 is 9.84 Å². The second-order valence-electron chi connectivity index (χ2n) is 15.5. The first-order chi connectivity index (χ1) is 23.8. The van der Waals surface area contributed by atoms with E-state index in [4.69, 9.17) is 9.72 Å². The molecule has 0 saturated heterocycles. The van der Waals surface area contributed by atoms with Gasteiger partial charge in [0.15, 0.2) is 5.78 Å². The molecule has 4 nitrogen and oxygen atoms in total. The molecular formula is C46H56IrNO3-. The second-order valence-corrected chi connectivity index (χ2v) is 15.5. The van der Waals surface area contributed by atoms with E-state index in [1.807, 2.05) is 20.0 Å². The molecule has 1 radical (unpaired) electrons. The number of aliphatic hydroxyl groups excluding tert-OH is 1. The maximum Gasteiger partial charge on any atom is 0.162 e. The maximum atomic E-state index is 12.0. The average molecular weight is 863 g/mol. The first-order valence-corrected chi connectivity index (χ1v) is 18.8. The van der Waals surface area contributed by atoms with E-state index >= 15 is 0 Å². The Kier molecular flexibility index (Phi) is 13.0. The third-order valence-electron chi connectivity index (χ3n) is 10.9. The molecule has 0 fully saturated rings. The predicted molar refractivity (Wildman–Crippen MR) is 211 cm³/mol. The molecule has 0 aliphatic carbocycles. The van der Waals surface area contributed by atoms with Crippen LogP contribution < -0.4 is 4.74 Å². The van der Waals surface area contributed by atoms with E-state index in [1.54, 1.807) is 0 Å². The van der Waals surface area contributed by atoms with Gasteiger partial charge in [0, 0.05) is 54.8 Å². The normalized spacial score (nSPS) is 12.8. The zero-order valence-electron chi connectivity index (χ0n) is 32.3. The number of aliphatic hydroxyl groups is 1. The van der Waals surface area contributed by atoms with Crippen LogP contribution in [0.25, 0.3) is 43.6 Å². The van der Waals surface area contributed by atoms with E-state index in [2.05, 4.69) is 116 Å². The fourth-order valence-electron chi connectivity index (χ4n) is 7.77. The van der Waals surface area contributed by atoms with E-state index < -0.39 is 0 Å². The summed E-state index contributed by atoms with van der Waals surface area (Å²) in [5.74, 6) is 2.54. The standard InChI is InChI=1S/C31H28NO.C15H28O2.Ir/c1-18(2)27-21-11-7-6-9-19(21)15-25-29-28-23(13-14-32-29)22-12-8-10-20(17-31(3,4)5)24(22)16-26(28)33-30(25)27;1-6-12(7-2)13(16)11-14(17)15(8-3,9-4)10-5;/h6-14,16,18H,17H2,1-5H3;11-12,17H,6-10H2,1-5H3;/q-1;;/b;14-11-;. The number of carbonyl (C=O) groups excluding carboxylic acids is 1. The van der Waals surface area contributed by atoms with Gasteiger partial charge in [-0.2, -0.15) is 0 Å². The van der Waals surface area contributed by atoms with Crippen LogP contribution in [0.5, 0.6) is 11.5 Å². The van der Waals surface area contributed by atoms with Crippen molar-refractivity contribution in [3.63, 3.8) is 0 Å². The Morgan fingerprint density at radius 3 is 2.14 bits per heavy atom. The summed E-state index contributed by atoms with van der Waals surface area (Å²) in [6, 6.07) is 23.2. The topological polar surface area (TPSA) is 59.4 Å². The summed E-state index contributed by atoms with van der Waals surface area (Å²) in [5.41, 5.74) is 4.53. The van der Waals surface area contributed by atoms with E-state index in [1.165, 1.54) is 38.7 Å². The SMILES string of the molecule is CC(C)c1c2c([c-]c3ccccc13)-c1nccc3c1c(cc1c(CC(C)(C)C)cccc13)O2.CCC(CC)C(=O)/C=C(\O)C(CC)(CC)CC.[Ir]. The van der Waals surface area contributed by atoms with Crippen molar-refractivity contribution in [1.82, 2.24) is 4.98 Å². The van der Waals surface area contributed by atoms with Crippen molar-refractivity contribution in [2.75, 3.05) is 0 Å². The molecule has 0 atom stereocenters. The summed E-state index contributed by atoms with van der Waals surface area (Å²) in [4.78, 5) is 16.8. The van der Waals surface area contributed by atoms with Crippen LogP contribution >= 0.6 is 0 Å². The van der Waals surface area contributed by atoms with Gasteiger partial charge in [-0.1, -0.05) is 122 Å². The molecule has 5 aromatic rings. The Bertz CT molecular complexity index is 2040. The number of nitrogens with zero attached hydrogens (tertiary/aromatic N) is 1. The van der Waals surface area contributed by atoms with Crippen LogP contribution in [-0.2, 0) is 31.3 Å². The zero-order chi connectivity index (χ0) is 36.4. The third-order valence-corrected chi connectivity index (χ3v) is 10.9. The number of pyridine rings is 1. The minimum atomic E-state index is -0.207. The van der Waals surface area contributed by atoms with Crippen LogP contribution in [0.4, 0.5) is 0 Å². The van der Waals surface area contributed by atoms with Crippen LogP contribution in [-0.4, -0.2) is 15.9 Å². The predicted octanol–water partition coefficient (Wildman–Crippen LogP) is 13.5. The Labute approximate surface area is 319 Å². The van der Waals surface area contributed by atoms with Crippen LogP contribution in [0.1, 0.15) is 118 Å². The van der Waals surface area contributed by atoms with Crippen LogP contribution in [0.2, 0.25) is 0 Å². The van der Waals surface area contributed by atoms with Gasteiger partial charge in [0.05, 0.1) is 5.75 Å². The molecule has 0 unspecified atom stereocenters. The molecule has 5 heteroatoms. The molecule has 4 aromatic carbocycles. The molecule has 273 valence electrons. The van der Waals surface area contributed by atoms with Crippen molar-refractivity contribution >= 4 is 38.1 Å². The summed E-state index contributed by atoms with van der Waals surface area (Å²) in [6.07, 6.45) is 8.74.